The van der Waals surface area contributed by atoms with Crippen LogP contribution in [0.1, 0.15) is 38.8 Å². The van der Waals surface area contributed by atoms with Crippen LogP contribution in [0.15, 0.2) is 18.2 Å². The summed E-state index contributed by atoms with van der Waals surface area (Å²) in [5.74, 6) is 1.85. The van der Waals surface area contributed by atoms with Crippen molar-refractivity contribution < 1.29 is 5.11 Å². The predicted octanol–water partition coefficient (Wildman–Crippen LogP) is 4.08. The molecule has 2 nitrogen and oxygen atoms in total. The van der Waals surface area contributed by atoms with E-state index >= 15 is 0 Å². The van der Waals surface area contributed by atoms with Crippen LogP contribution in [0.5, 0.6) is 5.75 Å². The lowest BCUT2D eigenvalue weighted by atomic mass is 9.87. The van der Waals surface area contributed by atoms with E-state index in [1.54, 1.807) is 12.1 Å². The van der Waals surface area contributed by atoms with Crippen LogP contribution in [0.25, 0.3) is 0 Å². The molecule has 0 bridgehead atoms. The zero-order valence-electron chi connectivity index (χ0n) is 11.4. The molecule has 2 rings (SSSR count). The van der Waals surface area contributed by atoms with Crippen molar-refractivity contribution in [2.45, 2.75) is 33.2 Å². The third-order valence-corrected chi connectivity index (χ3v) is 4.59. The number of phenolic OH excluding ortho intramolecular Hbond substituents is 1. The van der Waals surface area contributed by atoms with Gasteiger partial charge in [0.25, 0.3) is 0 Å². The molecule has 1 fully saturated rings. The quantitative estimate of drug-likeness (QED) is 0.873. The Bertz CT molecular complexity index is 421. The first-order valence-corrected chi connectivity index (χ1v) is 7.09. The molecule has 0 saturated carbocycles. The highest BCUT2D eigenvalue weighted by Gasteiger charge is 2.27. The molecule has 1 aromatic rings. The van der Waals surface area contributed by atoms with E-state index in [1.807, 2.05) is 6.07 Å². The second kappa shape index (κ2) is 5.50. The predicted molar refractivity (Wildman–Crippen MR) is 76.0 cm³/mol. The van der Waals surface area contributed by atoms with Crippen molar-refractivity contribution >= 4 is 11.6 Å². The molecule has 1 N–H and O–H groups in total. The molecule has 3 heteroatoms. The average Bonchev–Trinajstić information content (AvgIpc) is 2.35. The van der Waals surface area contributed by atoms with Crippen LogP contribution in [0.3, 0.4) is 0 Å². The van der Waals surface area contributed by atoms with Gasteiger partial charge in [0.05, 0.1) is 0 Å². The van der Waals surface area contributed by atoms with Crippen molar-refractivity contribution in [2.75, 3.05) is 13.1 Å². The van der Waals surface area contributed by atoms with Crippen LogP contribution in [0.4, 0.5) is 0 Å². The summed E-state index contributed by atoms with van der Waals surface area (Å²) in [5.41, 5.74) is 0.934. The standard InChI is InChI=1S/C15H22ClNO/c1-10-6-7-17(9-11(10)2)12(3)14-8-13(16)4-5-15(14)18/h4-5,8,10-12,18H,6-7,9H2,1-3H3. The van der Waals surface area contributed by atoms with Gasteiger partial charge in [-0.3, -0.25) is 4.90 Å². The first kappa shape index (κ1) is 13.7. The van der Waals surface area contributed by atoms with E-state index in [4.69, 9.17) is 11.6 Å². The van der Waals surface area contributed by atoms with E-state index in [0.29, 0.717) is 16.7 Å². The maximum atomic E-state index is 9.97. The fourth-order valence-corrected chi connectivity index (χ4v) is 2.88. The van der Waals surface area contributed by atoms with E-state index in [9.17, 15) is 5.11 Å². The third kappa shape index (κ3) is 2.81. The van der Waals surface area contributed by atoms with E-state index in [0.717, 1.165) is 24.6 Å². The number of halogens is 1. The van der Waals surface area contributed by atoms with Crippen LogP contribution in [-0.2, 0) is 0 Å². The molecule has 100 valence electrons. The summed E-state index contributed by atoms with van der Waals surface area (Å²) in [7, 11) is 0. The van der Waals surface area contributed by atoms with Crippen molar-refractivity contribution in [1.29, 1.82) is 0 Å². The molecule has 1 aliphatic heterocycles. The first-order valence-electron chi connectivity index (χ1n) is 6.71. The Labute approximate surface area is 115 Å². The molecule has 3 unspecified atom stereocenters. The van der Waals surface area contributed by atoms with Crippen molar-refractivity contribution in [3.63, 3.8) is 0 Å². The third-order valence-electron chi connectivity index (χ3n) is 4.35. The van der Waals surface area contributed by atoms with E-state index < -0.39 is 0 Å². The van der Waals surface area contributed by atoms with Gasteiger partial charge in [-0.1, -0.05) is 25.4 Å². The molecule has 0 amide bonds. The number of benzene rings is 1. The number of hydrogen-bond acceptors (Lipinski definition) is 2. The minimum absolute atomic E-state index is 0.221. The number of likely N-dealkylation sites (tertiary alicyclic amines) is 1. The smallest absolute Gasteiger partial charge is 0.120 e. The molecule has 0 spiro atoms. The summed E-state index contributed by atoms with van der Waals surface area (Å²) < 4.78 is 0. The molecule has 0 aliphatic carbocycles. The van der Waals surface area contributed by atoms with Gasteiger partial charge in [0.15, 0.2) is 0 Å². The van der Waals surface area contributed by atoms with Gasteiger partial charge < -0.3 is 5.11 Å². The largest absolute Gasteiger partial charge is 0.508 e. The van der Waals surface area contributed by atoms with Crippen molar-refractivity contribution in [3.8, 4) is 5.75 Å². The zero-order chi connectivity index (χ0) is 13.3. The van der Waals surface area contributed by atoms with Gasteiger partial charge in [-0.2, -0.15) is 0 Å². The van der Waals surface area contributed by atoms with Crippen molar-refractivity contribution in [1.82, 2.24) is 4.90 Å². The lowest BCUT2D eigenvalue weighted by Crippen LogP contribution is -2.39. The Balaban J connectivity index is 2.16. The normalized spacial score (nSPS) is 27.1. The number of piperidine rings is 1. The monoisotopic (exact) mass is 267 g/mol. The number of nitrogens with zero attached hydrogens (tertiary/aromatic N) is 1. The molecule has 0 aromatic heterocycles. The minimum atomic E-state index is 0.221. The van der Waals surface area contributed by atoms with Crippen LogP contribution in [-0.4, -0.2) is 23.1 Å². The van der Waals surface area contributed by atoms with Gasteiger partial charge in [-0.05, 0) is 49.9 Å². The summed E-state index contributed by atoms with van der Waals surface area (Å²) in [6.45, 7) is 8.96. The number of rotatable bonds is 2. The highest BCUT2D eigenvalue weighted by atomic mass is 35.5. The lowest BCUT2D eigenvalue weighted by Gasteiger charge is -2.39. The molecular weight excluding hydrogens is 246 g/mol. The highest BCUT2D eigenvalue weighted by molar-refractivity contribution is 6.30. The van der Waals surface area contributed by atoms with E-state index in [1.165, 1.54) is 6.42 Å². The molecular formula is C15H22ClNO. The topological polar surface area (TPSA) is 23.5 Å². The maximum Gasteiger partial charge on any atom is 0.120 e. The number of aromatic hydroxyl groups is 1. The maximum absolute atomic E-state index is 9.97. The molecule has 1 saturated heterocycles. The van der Waals surface area contributed by atoms with E-state index in [-0.39, 0.29) is 6.04 Å². The van der Waals surface area contributed by atoms with Gasteiger partial charge in [-0.25, -0.2) is 0 Å². The second-order valence-electron chi connectivity index (χ2n) is 5.62. The van der Waals surface area contributed by atoms with Gasteiger partial charge in [0.1, 0.15) is 5.75 Å². The average molecular weight is 268 g/mol. The number of phenols is 1. The van der Waals surface area contributed by atoms with Crippen LogP contribution < -0.4 is 0 Å². The van der Waals surface area contributed by atoms with Crippen LogP contribution in [0.2, 0.25) is 5.02 Å². The fourth-order valence-electron chi connectivity index (χ4n) is 2.70. The fraction of sp³-hybridized carbons (Fsp3) is 0.600. The Morgan fingerprint density at radius 3 is 2.72 bits per heavy atom. The molecule has 1 heterocycles. The SMILES string of the molecule is CC1CCN(C(C)c2cc(Cl)ccc2O)CC1C. The van der Waals surface area contributed by atoms with Gasteiger partial charge >= 0.3 is 0 Å². The molecule has 1 aromatic carbocycles. The Morgan fingerprint density at radius 2 is 2.06 bits per heavy atom. The summed E-state index contributed by atoms with van der Waals surface area (Å²) in [6.07, 6.45) is 1.23. The molecule has 18 heavy (non-hydrogen) atoms. The Kier molecular flexibility index (Phi) is 4.18. The second-order valence-corrected chi connectivity index (χ2v) is 6.05. The Morgan fingerprint density at radius 1 is 1.33 bits per heavy atom. The van der Waals surface area contributed by atoms with Crippen LogP contribution >= 0.6 is 11.6 Å². The van der Waals surface area contributed by atoms with Crippen molar-refractivity contribution in [3.05, 3.63) is 28.8 Å². The lowest BCUT2D eigenvalue weighted by molar-refractivity contribution is 0.102. The van der Waals surface area contributed by atoms with Gasteiger partial charge in [0, 0.05) is 23.2 Å². The van der Waals surface area contributed by atoms with Crippen LogP contribution in [0, 0.1) is 11.8 Å². The molecule has 1 aliphatic rings. The minimum Gasteiger partial charge on any atom is -0.508 e. The van der Waals surface area contributed by atoms with Crippen molar-refractivity contribution in [2.24, 2.45) is 11.8 Å². The number of hydrogen-bond donors (Lipinski definition) is 1. The Hall–Kier alpha value is -0.730. The summed E-state index contributed by atoms with van der Waals surface area (Å²) >= 11 is 6.02. The molecule has 3 atom stereocenters. The van der Waals surface area contributed by atoms with Gasteiger partial charge in [0.2, 0.25) is 0 Å². The van der Waals surface area contributed by atoms with Gasteiger partial charge in [-0.15, -0.1) is 0 Å². The highest BCUT2D eigenvalue weighted by Crippen LogP contribution is 2.34. The summed E-state index contributed by atoms with van der Waals surface area (Å²) in [5, 5.41) is 10.7. The zero-order valence-corrected chi connectivity index (χ0v) is 12.1. The molecule has 0 radical (unpaired) electrons. The summed E-state index contributed by atoms with van der Waals surface area (Å²) in [4.78, 5) is 2.44. The first-order chi connectivity index (χ1) is 8.49. The summed E-state index contributed by atoms with van der Waals surface area (Å²) in [6, 6.07) is 5.52. The van der Waals surface area contributed by atoms with E-state index in [2.05, 4.69) is 25.7 Å².